The second-order valence-electron chi connectivity index (χ2n) is 3.75. The quantitative estimate of drug-likeness (QED) is 0.770. The second kappa shape index (κ2) is 4.30. The van der Waals surface area contributed by atoms with Gasteiger partial charge in [0, 0.05) is 0 Å². The van der Waals surface area contributed by atoms with Gasteiger partial charge in [0.25, 0.3) is 0 Å². The SMILES string of the molecule is Cc1cc(F)ccc1-n1nc(C)c(C=O)c1Cl. The van der Waals surface area contributed by atoms with E-state index in [9.17, 15) is 9.18 Å². The molecular formula is C12H10ClFN2O. The van der Waals surface area contributed by atoms with Gasteiger partial charge in [-0.2, -0.15) is 5.10 Å². The molecule has 5 heteroatoms. The van der Waals surface area contributed by atoms with Crippen molar-refractivity contribution in [3.8, 4) is 5.69 Å². The van der Waals surface area contributed by atoms with Crippen LogP contribution in [0.5, 0.6) is 0 Å². The molecule has 1 aromatic heterocycles. The first-order chi connectivity index (χ1) is 8.04. The summed E-state index contributed by atoms with van der Waals surface area (Å²) >= 11 is 6.05. The minimum absolute atomic E-state index is 0.243. The minimum Gasteiger partial charge on any atom is -0.298 e. The maximum absolute atomic E-state index is 13.0. The van der Waals surface area contributed by atoms with Gasteiger partial charge in [0.05, 0.1) is 16.9 Å². The van der Waals surface area contributed by atoms with Gasteiger partial charge in [-0.05, 0) is 37.6 Å². The number of rotatable bonds is 2. The number of nitrogens with zero attached hydrogens (tertiary/aromatic N) is 2. The van der Waals surface area contributed by atoms with Crippen molar-refractivity contribution in [1.29, 1.82) is 0 Å². The average molecular weight is 253 g/mol. The summed E-state index contributed by atoms with van der Waals surface area (Å²) in [4.78, 5) is 10.8. The van der Waals surface area contributed by atoms with Crippen molar-refractivity contribution >= 4 is 17.9 Å². The number of carbonyl (C=O) groups excluding carboxylic acids is 1. The lowest BCUT2D eigenvalue weighted by Gasteiger charge is -2.06. The number of aryl methyl sites for hydroxylation is 2. The molecule has 0 atom stereocenters. The van der Waals surface area contributed by atoms with Crippen molar-refractivity contribution in [3.63, 3.8) is 0 Å². The van der Waals surface area contributed by atoms with E-state index in [4.69, 9.17) is 11.6 Å². The molecule has 2 rings (SSSR count). The van der Waals surface area contributed by atoms with Crippen LogP contribution in [0.3, 0.4) is 0 Å². The third-order valence-corrected chi connectivity index (χ3v) is 2.92. The fourth-order valence-corrected chi connectivity index (χ4v) is 1.97. The normalized spacial score (nSPS) is 10.6. The van der Waals surface area contributed by atoms with Crippen LogP contribution in [0.1, 0.15) is 21.6 Å². The van der Waals surface area contributed by atoms with Crippen molar-refractivity contribution in [2.45, 2.75) is 13.8 Å². The van der Waals surface area contributed by atoms with Crippen LogP contribution in [-0.4, -0.2) is 16.1 Å². The Kier molecular flexibility index (Phi) is 2.98. The molecule has 0 fully saturated rings. The molecule has 0 amide bonds. The van der Waals surface area contributed by atoms with Gasteiger partial charge in [-0.25, -0.2) is 9.07 Å². The van der Waals surface area contributed by atoms with Crippen LogP contribution in [0, 0.1) is 19.7 Å². The number of aldehydes is 1. The lowest BCUT2D eigenvalue weighted by atomic mass is 10.2. The highest BCUT2D eigenvalue weighted by atomic mass is 35.5. The Hall–Kier alpha value is -1.68. The lowest BCUT2D eigenvalue weighted by Crippen LogP contribution is -2.00. The standard InChI is InChI=1S/C12H10ClFN2O/c1-7-5-9(14)3-4-11(7)16-12(13)10(6-17)8(2)15-16/h3-6H,1-2H3. The highest BCUT2D eigenvalue weighted by Gasteiger charge is 2.15. The van der Waals surface area contributed by atoms with Crippen LogP contribution in [-0.2, 0) is 0 Å². The molecule has 3 nitrogen and oxygen atoms in total. The Morgan fingerprint density at radius 1 is 1.41 bits per heavy atom. The van der Waals surface area contributed by atoms with Gasteiger partial charge in [0.2, 0.25) is 0 Å². The summed E-state index contributed by atoms with van der Waals surface area (Å²) in [5.74, 6) is -0.318. The number of hydrogen-bond acceptors (Lipinski definition) is 2. The third kappa shape index (κ3) is 1.96. The van der Waals surface area contributed by atoms with Gasteiger partial charge in [0.1, 0.15) is 11.0 Å². The van der Waals surface area contributed by atoms with Gasteiger partial charge in [0.15, 0.2) is 6.29 Å². The number of hydrogen-bond donors (Lipinski definition) is 0. The highest BCUT2D eigenvalue weighted by molar-refractivity contribution is 6.32. The van der Waals surface area contributed by atoms with E-state index in [-0.39, 0.29) is 11.0 Å². The fourth-order valence-electron chi connectivity index (χ4n) is 1.66. The zero-order valence-corrected chi connectivity index (χ0v) is 10.1. The molecule has 1 aromatic carbocycles. The predicted octanol–water partition coefficient (Wildman–Crippen LogP) is 3.09. The molecule has 0 aliphatic heterocycles. The van der Waals surface area contributed by atoms with Crippen molar-refractivity contribution in [2.75, 3.05) is 0 Å². The molecule has 0 N–H and O–H groups in total. The number of carbonyl (C=O) groups is 1. The smallest absolute Gasteiger partial charge is 0.155 e. The summed E-state index contributed by atoms with van der Waals surface area (Å²) in [5, 5.41) is 4.42. The van der Waals surface area contributed by atoms with E-state index in [1.54, 1.807) is 19.9 Å². The summed E-state index contributed by atoms with van der Waals surface area (Å²) in [6.07, 6.45) is 0.667. The summed E-state index contributed by atoms with van der Waals surface area (Å²) in [5.41, 5.74) is 2.27. The van der Waals surface area contributed by atoms with E-state index in [0.29, 0.717) is 28.8 Å². The van der Waals surface area contributed by atoms with Crippen molar-refractivity contribution in [1.82, 2.24) is 9.78 Å². The predicted molar refractivity (Wildman–Crippen MR) is 63.4 cm³/mol. The van der Waals surface area contributed by atoms with Crippen LogP contribution < -0.4 is 0 Å². The molecule has 0 bridgehead atoms. The second-order valence-corrected chi connectivity index (χ2v) is 4.11. The number of aromatic nitrogens is 2. The monoisotopic (exact) mass is 252 g/mol. The molecule has 1 heterocycles. The van der Waals surface area contributed by atoms with Crippen LogP contribution in [0.15, 0.2) is 18.2 Å². The van der Waals surface area contributed by atoms with Crippen LogP contribution >= 0.6 is 11.6 Å². The average Bonchev–Trinajstić information content (AvgIpc) is 2.54. The summed E-state index contributed by atoms with van der Waals surface area (Å²) in [6, 6.07) is 4.30. The summed E-state index contributed by atoms with van der Waals surface area (Å²) < 4.78 is 14.4. The number of halogens is 2. The Bertz CT molecular complexity index is 592. The fraction of sp³-hybridized carbons (Fsp3) is 0.167. The van der Waals surface area contributed by atoms with Crippen molar-refractivity contribution in [3.05, 3.63) is 46.0 Å². The zero-order chi connectivity index (χ0) is 12.6. The van der Waals surface area contributed by atoms with E-state index in [2.05, 4.69) is 5.10 Å². The first-order valence-electron chi connectivity index (χ1n) is 5.01. The molecule has 0 aliphatic rings. The minimum atomic E-state index is -0.318. The highest BCUT2D eigenvalue weighted by Crippen LogP contribution is 2.24. The molecule has 2 aromatic rings. The van der Waals surface area contributed by atoms with Crippen molar-refractivity contribution < 1.29 is 9.18 Å². The maximum atomic E-state index is 13.0. The number of benzene rings is 1. The summed E-state index contributed by atoms with van der Waals surface area (Å²) in [7, 11) is 0. The van der Waals surface area contributed by atoms with Crippen LogP contribution in [0.25, 0.3) is 5.69 Å². The largest absolute Gasteiger partial charge is 0.298 e. The van der Waals surface area contributed by atoms with Gasteiger partial charge in [-0.3, -0.25) is 4.79 Å². The Labute approximate surface area is 103 Å². The van der Waals surface area contributed by atoms with Crippen LogP contribution in [0.2, 0.25) is 5.15 Å². The molecule has 0 aliphatic carbocycles. The molecular weight excluding hydrogens is 243 g/mol. The molecule has 0 spiro atoms. The van der Waals surface area contributed by atoms with E-state index in [1.807, 2.05) is 0 Å². The molecule has 17 heavy (non-hydrogen) atoms. The Balaban J connectivity index is 2.65. The lowest BCUT2D eigenvalue weighted by molar-refractivity contribution is 0.112. The Morgan fingerprint density at radius 2 is 2.12 bits per heavy atom. The first kappa shape index (κ1) is 11.8. The maximum Gasteiger partial charge on any atom is 0.155 e. The summed E-state index contributed by atoms with van der Waals surface area (Å²) in [6.45, 7) is 3.46. The van der Waals surface area contributed by atoms with Gasteiger partial charge >= 0.3 is 0 Å². The molecule has 88 valence electrons. The molecule has 0 radical (unpaired) electrons. The molecule has 0 unspecified atom stereocenters. The van der Waals surface area contributed by atoms with E-state index in [1.165, 1.54) is 16.8 Å². The van der Waals surface area contributed by atoms with Gasteiger partial charge in [-0.15, -0.1) is 0 Å². The Morgan fingerprint density at radius 3 is 2.65 bits per heavy atom. The van der Waals surface area contributed by atoms with Gasteiger partial charge in [-0.1, -0.05) is 11.6 Å². The topological polar surface area (TPSA) is 34.9 Å². The molecule has 0 saturated heterocycles. The van der Waals surface area contributed by atoms with Gasteiger partial charge < -0.3 is 0 Å². The third-order valence-electron chi connectivity index (χ3n) is 2.55. The molecule has 0 saturated carbocycles. The van der Waals surface area contributed by atoms with E-state index < -0.39 is 0 Å². The first-order valence-corrected chi connectivity index (χ1v) is 5.39. The van der Waals surface area contributed by atoms with Crippen molar-refractivity contribution in [2.24, 2.45) is 0 Å². The van der Waals surface area contributed by atoms with E-state index in [0.717, 1.165) is 0 Å². The van der Waals surface area contributed by atoms with Crippen LogP contribution in [0.4, 0.5) is 4.39 Å². The van der Waals surface area contributed by atoms with E-state index >= 15 is 0 Å². The zero-order valence-electron chi connectivity index (χ0n) is 9.37.